The van der Waals surface area contributed by atoms with Gasteiger partial charge in [0.1, 0.15) is 0 Å². The number of nitrogens with one attached hydrogen (secondary N) is 2. The van der Waals surface area contributed by atoms with Crippen LogP contribution in [0.2, 0.25) is 0 Å². The van der Waals surface area contributed by atoms with Gasteiger partial charge in [0.25, 0.3) is 0 Å². The molecule has 1 aromatic rings. The van der Waals surface area contributed by atoms with Crippen molar-refractivity contribution in [3.05, 3.63) is 12.4 Å². The molecule has 16 heavy (non-hydrogen) atoms. The number of anilines is 1. The summed E-state index contributed by atoms with van der Waals surface area (Å²) < 4.78 is 0. The van der Waals surface area contributed by atoms with Crippen LogP contribution in [-0.2, 0) is 4.79 Å². The summed E-state index contributed by atoms with van der Waals surface area (Å²) >= 11 is 0. The molecule has 1 amide bonds. The predicted octanol–water partition coefficient (Wildman–Crippen LogP) is 0.342. The number of carbonyl (C=O) groups is 1. The average Bonchev–Trinajstić information content (AvgIpc) is 2.81. The van der Waals surface area contributed by atoms with Gasteiger partial charge in [0.15, 0.2) is 0 Å². The summed E-state index contributed by atoms with van der Waals surface area (Å²) in [7, 11) is 0. The van der Waals surface area contributed by atoms with Crippen LogP contribution in [0, 0.1) is 0 Å². The molecule has 0 atom stereocenters. The largest absolute Gasteiger partial charge is 0.306 e. The third-order valence-electron chi connectivity index (χ3n) is 2.64. The van der Waals surface area contributed by atoms with Crippen LogP contribution in [0.3, 0.4) is 0 Å². The molecule has 2 rings (SSSR count). The first-order valence-electron chi connectivity index (χ1n) is 5.51. The summed E-state index contributed by atoms with van der Waals surface area (Å²) in [5.74, 6) is 0.126. The number of aromatic nitrogens is 3. The van der Waals surface area contributed by atoms with E-state index in [9.17, 15) is 4.79 Å². The molecule has 1 saturated carbocycles. The minimum Gasteiger partial charge on any atom is -0.306 e. The monoisotopic (exact) mass is 221 g/mol. The van der Waals surface area contributed by atoms with E-state index in [0.29, 0.717) is 12.6 Å². The van der Waals surface area contributed by atoms with E-state index in [0.717, 1.165) is 12.8 Å². The molecule has 1 aromatic heterocycles. The molecule has 1 aliphatic rings. The maximum Gasteiger partial charge on any atom is 0.249 e. The lowest BCUT2D eigenvalue weighted by atomic mass is 10.2. The number of hydrogen-bond donors (Lipinski definition) is 2. The zero-order valence-electron chi connectivity index (χ0n) is 9.02. The van der Waals surface area contributed by atoms with E-state index < -0.39 is 0 Å². The Hall–Kier alpha value is -1.56. The van der Waals surface area contributed by atoms with Crippen molar-refractivity contribution in [2.24, 2.45) is 0 Å². The van der Waals surface area contributed by atoms with Crippen LogP contribution < -0.4 is 10.6 Å². The second-order valence-electron chi connectivity index (χ2n) is 3.88. The van der Waals surface area contributed by atoms with E-state index >= 15 is 0 Å². The minimum absolute atomic E-state index is 0.125. The topological polar surface area (TPSA) is 79.8 Å². The van der Waals surface area contributed by atoms with Crippen molar-refractivity contribution in [1.29, 1.82) is 0 Å². The van der Waals surface area contributed by atoms with Crippen LogP contribution in [0.15, 0.2) is 12.4 Å². The standard InChI is InChI=1S/C10H15N5O/c16-9(7-12-8-3-1-2-4-8)14-10-11-5-6-13-15-10/h5-6,8,12H,1-4,7H2,(H,11,14,15,16). The van der Waals surface area contributed by atoms with Gasteiger partial charge in [0, 0.05) is 6.04 Å². The van der Waals surface area contributed by atoms with Gasteiger partial charge >= 0.3 is 0 Å². The summed E-state index contributed by atoms with van der Waals surface area (Å²) in [6.45, 7) is 0.308. The van der Waals surface area contributed by atoms with Crippen LogP contribution in [0.1, 0.15) is 25.7 Å². The first-order valence-corrected chi connectivity index (χ1v) is 5.51. The number of rotatable bonds is 4. The molecule has 6 nitrogen and oxygen atoms in total. The number of nitrogens with zero attached hydrogens (tertiary/aromatic N) is 3. The second-order valence-corrected chi connectivity index (χ2v) is 3.88. The fourth-order valence-electron chi connectivity index (χ4n) is 1.84. The average molecular weight is 221 g/mol. The van der Waals surface area contributed by atoms with Crippen molar-refractivity contribution in [2.75, 3.05) is 11.9 Å². The van der Waals surface area contributed by atoms with Crippen molar-refractivity contribution in [2.45, 2.75) is 31.7 Å². The third kappa shape index (κ3) is 3.23. The fraction of sp³-hybridized carbons (Fsp3) is 0.600. The molecular weight excluding hydrogens is 206 g/mol. The summed E-state index contributed by atoms with van der Waals surface area (Å²) in [5, 5.41) is 13.1. The van der Waals surface area contributed by atoms with Gasteiger partial charge in [-0.25, -0.2) is 4.98 Å². The zero-order chi connectivity index (χ0) is 11.2. The Balaban J connectivity index is 1.72. The minimum atomic E-state index is -0.125. The van der Waals surface area contributed by atoms with E-state index in [1.807, 2.05) is 0 Å². The molecule has 0 saturated heterocycles. The quantitative estimate of drug-likeness (QED) is 0.766. The highest BCUT2D eigenvalue weighted by molar-refractivity contribution is 5.90. The van der Waals surface area contributed by atoms with Crippen molar-refractivity contribution in [3.8, 4) is 0 Å². The highest BCUT2D eigenvalue weighted by Crippen LogP contribution is 2.17. The van der Waals surface area contributed by atoms with E-state index in [1.54, 1.807) is 0 Å². The molecule has 2 N–H and O–H groups in total. The van der Waals surface area contributed by atoms with Crippen molar-refractivity contribution in [1.82, 2.24) is 20.5 Å². The summed E-state index contributed by atoms with van der Waals surface area (Å²) in [6, 6.07) is 0.487. The fourth-order valence-corrected chi connectivity index (χ4v) is 1.84. The summed E-state index contributed by atoms with van der Waals surface area (Å²) in [5.41, 5.74) is 0. The van der Waals surface area contributed by atoms with Crippen LogP contribution in [0.25, 0.3) is 0 Å². The van der Waals surface area contributed by atoms with Gasteiger partial charge in [-0.3, -0.25) is 10.1 Å². The molecule has 0 aromatic carbocycles. The molecule has 6 heteroatoms. The Bertz CT molecular complexity index is 336. The van der Waals surface area contributed by atoms with Crippen LogP contribution in [0.5, 0.6) is 0 Å². The van der Waals surface area contributed by atoms with E-state index in [2.05, 4.69) is 25.8 Å². The van der Waals surface area contributed by atoms with Gasteiger partial charge in [0.2, 0.25) is 11.9 Å². The van der Waals surface area contributed by atoms with Crippen molar-refractivity contribution >= 4 is 11.9 Å². The van der Waals surface area contributed by atoms with E-state index in [4.69, 9.17) is 0 Å². The lowest BCUT2D eigenvalue weighted by Gasteiger charge is -2.10. The zero-order valence-corrected chi connectivity index (χ0v) is 9.02. The van der Waals surface area contributed by atoms with Gasteiger partial charge in [-0.05, 0) is 12.8 Å². The smallest absolute Gasteiger partial charge is 0.249 e. The molecule has 0 spiro atoms. The Labute approximate surface area is 93.9 Å². The van der Waals surface area contributed by atoms with Gasteiger partial charge in [-0.15, -0.1) is 5.10 Å². The molecule has 0 unspecified atom stereocenters. The summed E-state index contributed by atoms with van der Waals surface area (Å²) in [6.07, 6.45) is 7.79. The van der Waals surface area contributed by atoms with Gasteiger partial charge < -0.3 is 5.32 Å². The third-order valence-corrected chi connectivity index (χ3v) is 2.64. The molecule has 1 heterocycles. The predicted molar refractivity (Wildman–Crippen MR) is 58.7 cm³/mol. The Morgan fingerprint density at radius 1 is 1.38 bits per heavy atom. The first-order chi connectivity index (χ1) is 7.84. The molecule has 86 valence electrons. The molecule has 0 aliphatic heterocycles. The Morgan fingerprint density at radius 3 is 2.88 bits per heavy atom. The lowest BCUT2D eigenvalue weighted by Crippen LogP contribution is -2.34. The summed E-state index contributed by atoms with van der Waals surface area (Å²) in [4.78, 5) is 15.4. The molecule has 1 aliphatic carbocycles. The van der Waals surface area contributed by atoms with Crippen molar-refractivity contribution < 1.29 is 4.79 Å². The SMILES string of the molecule is O=C(CNC1CCCC1)Nc1nccnn1. The van der Waals surface area contributed by atoms with Crippen LogP contribution in [0.4, 0.5) is 5.95 Å². The maximum absolute atomic E-state index is 11.5. The maximum atomic E-state index is 11.5. The highest BCUT2D eigenvalue weighted by Gasteiger charge is 2.15. The molecular formula is C10H15N5O. The van der Waals surface area contributed by atoms with Gasteiger partial charge in [0.05, 0.1) is 18.9 Å². The lowest BCUT2D eigenvalue weighted by molar-refractivity contribution is -0.115. The Morgan fingerprint density at radius 2 is 2.19 bits per heavy atom. The van der Waals surface area contributed by atoms with Gasteiger partial charge in [-0.2, -0.15) is 5.10 Å². The molecule has 0 radical (unpaired) electrons. The number of carbonyl (C=O) groups excluding carboxylic acids is 1. The molecule has 0 bridgehead atoms. The van der Waals surface area contributed by atoms with Crippen molar-refractivity contribution in [3.63, 3.8) is 0 Å². The highest BCUT2D eigenvalue weighted by atomic mass is 16.2. The van der Waals surface area contributed by atoms with Crippen LogP contribution >= 0.6 is 0 Å². The van der Waals surface area contributed by atoms with E-state index in [1.165, 1.54) is 25.2 Å². The Kier molecular flexibility index (Phi) is 3.76. The van der Waals surface area contributed by atoms with Crippen LogP contribution in [-0.4, -0.2) is 33.7 Å². The van der Waals surface area contributed by atoms with E-state index in [-0.39, 0.29) is 11.9 Å². The molecule has 1 fully saturated rings. The number of hydrogen-bond acceptors (Lipinski definition) is 5. The number of amides is 1. The normalized spacial score (nSPS) is 16.2. The van der Waals surface area contributed by atoms with Gasteiger partial charge in [-0.1, -0.05) is 12.8 Å². The first kappa shape index (κ1) is 10.9. The second kappa shape index (κ2) is 5.50.